The van der Waals surface area contributed by atoms with Gasteiger partial charge in [0.05, 0.1) is 11.2 Å². The Hall–Kier alpha value is -0.0603. The average molecular weight is 312 g/mol. The van der Waals surface area contributed by atoms with Crippen molar-refractivity contribution in [3.8, 4) is 0 Å². The van der Waals surface area contributed by atoms with Gasteiger partial charge in [0.15, 0.2) is 0 Å². The predicted molar refractivity (Wildman–Crippen MR) is 93.5 cm³/mol. The quantitative estimate of drug-likeness (QED) is 0.429. The maximum atomic E-state index is 6.02. The Morgan fingerprint density at radius 2 is 1.05 bits per heavy atom. The fourth-order valence-electron chi connectivity index (χ4n) is 2.48. The molecule has 0 amide bonds. The molecule has 1 aliphatic heterocycles. The summed E-state index contributed by atoms with van der Waals surface area (Å²) in [6, 6.07) is 0. The van der Waals surface area contributed by atoms with E-state index >= 15 is 0 Å². The summed E-state index contributed by atoms with van der Waals surface area (Å²) in [5.41, 5.74) is -0.803. The van der Waals surface area contributed by atoms with E-state index in [9.17, 15) is 0 Å². The van der Waals surface area contributed by atoms with Gasteiger partial charge in [-0.25, -0.2) is 19.9 Å². The van der Waals surface area contributed by atoms with Crippen molar-refractivity contribution < 1.29 is 19.4 Å². The Bertz CT molecular complexity index is 323. The molecule has 0 aliphatic carbocycles. The largest absolute Gasteiger partial charge is 0.304 e. The first-order valence-corrected chi connectivity index (χ1v) is 7.48. The monoisotopic (exact) mass is 312 g/mol. The second-order valence-electron chi connectivity index (χ2n) is 7.05. The zero-order valence-corrected chi connectivity index (χ0v) is 15.3. The van der Waals surface area contributed by atoms with E-state index in [1.165, 1.54) is 0 Å². The first-order chi connectivity index (χ1) is 9.99. The van der Waals surface area contributed by atoms with E-state index in [0.717, 1.165) is 0 Å². The molecule has 0 spiro atoms. The van der Waals surface area contributed by atoms with Crippen molar-refractivity contribution in [3.05, 3.63) is 0 Å². The minimum Gasteiger partial charge on any atom is -0.304 e. The molecular weight excluding hydrogens is 283 g/mol. The molecule has 12 heteroatoms. The summed E-state index contributed by atoms with van der Waals surface area (Å²) in [6.07, 6.45) is 0. The summed E-state index contributed by atoms with van der Waals surface area (Å²) in [4.78, 5) is 29.9. The fourth-order valence-corrected chi connectivity index (χ4v) is 2.48. The SMILES string of the molecule is BN1CON(B)CC(C)(C)ON(B)CC(C)(C)ON(B)CO1. The summed E-state index contributed by atoms with van der Waals surface area (Å²) >= 11 is 0. The molecule has 0 aromatic carbocycles. The van der Waals surface area contributed by atoms with E-state index in [0.29, 0.717) is 26.6 Å². The van der Waals surface area contributed by atoms with E-state index in [4.69, 9.17) is 19.4 Å². The molecule has 0 unspecified atom stereocenters. The third kappa shape index (κ3) is 7.98. The summed E-state index contributed by atoms with van der Waals surface area (Å²) in [7, 11) is 7.43. The van der Waals surface area contributed by atoms with Crippen molar-refractivity contribution >= 4 is 31.9 Å². The normalized spacial score (nSPS) is 28.2. The number of nitrogens with zero attached hydrogens (tertiary/aromatic N) is 4. The van der Waals surface area contributed by atoms with Crippen LogP contribution in [0.1, 0.15) is 27.7 Å². The van der Waals surface area contributed by atoms with Crippen molar-refractivity contribution in [3.63, 3.8) is 0 Å². The first kappa shape index (κ1) is 20.0. The zero-order chi connectivity index (χ0) is 17.0. The van der Waals surface area contributed by atoms with E-state index in [-0.39, 0.29) is 0 Å². The highest BCUT2D eigenvalue weighted by molar-refractivity contribution is 6.04. The minimum atomic E-state index is -0.409. The van der Waals surface area contributed by atoms with Crippen LogP contribution in [0.4, 0.5) is 0 Å². The number of hydrogen-bond donors (Lipinski definition) is 0. The lowest BCUT2D eigenvalue weighted by atomic mass is 10.1. The van der Waals surface area contributed by atoms with Crippen LogP contribution < -0.4 is 0 Å². The third-order valence-corrected chi connectivity index (χ3v) is 2.93. The van der Waals surface area contributed by atoms with Gasteiger partial charge in [-0.05, 0) is 27.7 Å². The smallest absolute Gasteiger partial charge is 0.224 e. The number of hydroxylamine groups is 4. The lowest BCUT2D eigenvalue weighted by Crippen LogP contribution is -2.50. The molecule has 0 aromatic heterocycles. The van der Waals surface area contributed by atoms with Gasteiger partial charge in [-0.15, -0.1) is 0 Å². The topological polar surface area (TPSA) is 49.9 Å². The van der Waals surface area contributed by atoms with Crippen LogP contribution in [0.2, 0.25) is 0 Å². The molecule has 1 heterocycles. The molecule has 0 N–H and O–H groups in total. The van der Waals surface area contributed by atoms with Crippen LogP contribution >= 0.6 is 0 Å². The minimum absolute atomic E-state index is 0.309. The molecule has 0 saturated carbocycles. The summed E-state index contributed by atoms with van der Waals surface area (Å²) < 4.78 is 0. The van der Waals surface area contributed by atoms with Crippen LogP contribution in [0.15, 0.2) is 0 Å². The second-order valence-corrected chi connectivity index (χ2v) is 7.05. The molecule has 0 radical (unpaired) electrons. The van der Waals surface area contributed by atoms with Crippen LogP contribution in [0, 0.1) is 0 Å². The lowest BCUT2D eigenvalue weighted by Gasteiger charge is -2.39. The second kappa shape index (κ2) is 8.16. The van der Waals surface area contributed by atoms with Crippen LogP contribution in [0.3, 0.4) is 0 Å². The van der Waals surface area contributed by atoms with Gasteiger partial charge in [0.25, 0.3) is 0 Å². The maximum absolute atomic E-state index is 6.02. The molecular formula is C10H28B4N4O4. The molecule has 124 valence electrons. The molecule has 22 heavy (non-hydrogen) atoms. The van der Waals surface area contributed by atoms with Crippen LogP contribution in [-0.2, 0) is 19.4 Å². The van der Waals surface area contributed by atoms with E-state index < -0.39 is 11.2 Å². The van der Waals surface area contributed by atoms with Gasteiger partial charge in [0.1, 0.15) is 13.5 Å². The van der Waals surface area contributed by atoms with Gasteiger partial charge in [-0.3, -0.25) is 9.68 Å². The van der Waals surface area contributed by atoms with Gasteiger partial charge in [-0.1, -0.05) is 0 Å². The molecule has 1 saturated heterocycles. The van der Waals surface area contributed by atoms with Gasteiger partial charge in [0, 0.05) is 13.1 Å². The predicted octanol–water partition coefficient (Wildman–Crippen LogP) is -3.40. The van der Waals surface area contributed by atoms with Crippen LogP contribution in [0.25, 0.3) is 0 Å². The molecule has 0 atom stereocenters. The number of hydrogen-bond acceptors (Lipinski definition) is 8. The standard InChI is InChI=1S/C10H28B4N4O4/c1-9(2)5-15(11)19-7-17(13)20-8-18(14)22-10(3,4)6-16(12)21-9/h5-8,11-14H2,1-4H3. The summed E-state index contributed by atoms with van der Waals surface area (Å²) in [5, 5.41) is 0. The van der Waals surface area contributed by atoms with E-state index in [1.807, 2.05) is 59.6 Å². The highest BCUT2D eigenvalue weighted by Crippen LogP contribution is 2.17. The molecule has 8 nitrogen and oxygen atoms in total. The maximum Gasteiger partial charge on any atom is 0.224 e. The highest BCUT2D eigenvalue weighted by Gasteiger charge is 2.29. The Morgan fingerprint density at radius 1 is 0.636 bits per heavy atom. The van der Waals surface area contributed by atoms with Crippen LogP contribution in [0.5, 0.6) is 0 Å². The van der Waals surface area contributed by atoms with Gasteiger partial charge < -0.3 is 9.68 Å². The lowest BCUT2D eigenvalue weighted by molar-refractivity contribution is -0.297. The number of rotatable bonds is 0. The Labute approximate surface area is 137 Å². The summed E-state index contributed by atoms with van der Waals surface area (Å²) in [5.74, 6) is 0. The molecule has 1 rings (SSSR count). The van der Waals surface area contributed by atoms with Gasteiger partial charge >= 0.3 is 0 Å². The van der Waals surface area contributed by atoms with Gasteiger partial charge in [-0.2, -0.15) is 0 Å². The molecule has 1 aliphatic rings. The van der Waals surface area contributed by atoms with Crippen molar-refractivity contribution in [2.24, 2.45) is 0 Å². The fraction of sp³-hybridized carbons (Fsp3) is 1.00. The Morgan fingerprint density at radius 3 is 1.64 bits per heavy atom. The third-order valence-electron chi connectivity index (χ3n) is 2.93. The van der Waals surface area contributed by atoms with E-state index in [1.54, 1.807) is 19.9 Å². The van der Waals surface area contributed by atoms with Crippen molar-refractivity contribution in [2.45, 2.75) is 38.9 Å². The average Bonchev–Trinajstić information content (AvgIpc) is 2.29. The van der Waals surface area contributed by atoms with Gasteiger partial charge in [0.2, 0.25) is 31.9 Å². The molecule has 0 bridgehead atoms. The molecule has 1 fully saturated rings. The van der Waals surface area contributed by atoms with Crippen LogP contribution in [-0.4, -0.2) is 89.6 Å². The zero-order valence-electron chi connectivity index (χ0n) is 15.3. The summed E-state index contributed by atoms with van der Waals surface area (Å²) in [6.45, 7) is 9.93. The Balaban J connectivity index is 2.77. The first-order valence-electron chi connectivity index (χ1n) is 7.48. The van der Waals surface area contributed by atoms with Crippen molar-refractivity contribution in [2.75, 3.05) is 26.6 Å². The Kier molecular flexibility index (Phi) is 7.41. The highest BCUT2D eigenvalue weighted by atomic mass is 16.8. The van der Waals surface area contributed by atoms with Crippen molar-refractivity contribution in [1.29, 1.82) is 0 Å². The van der Waals surface area contributed by atoms with E-state index in [2.05, 4.69) is 0 Å². The van der Waals surface area contributed by atoms with Crippen molar-refractivity contribution in [1.82, 2.24) is 19.9 Å². The molecule has 0 aromatic rings.